The number of nitrogens with zero attached hydrogens (tertiary/aromatic N) is 1. The van der Waals surface area contributed by atoms with Gasteiger partial charge in [0.25, 0.3) is 0 Å². The Balaban J connectivity index is 0.00000112. The molecule has 1 fully saturated rings. The van der Waals surface area contributed by atoms with Gasteiger partial charge in [-0.25, -0.2) is 4.98 Å². The van der Waals surface area contributed by atoms with E-state index in [1.165, 1.54) is 25.7 Å². The van der Waals surface area contributed by atoms with Crippen LogP contribution in [-0.4, -0.2) is 4.98 Å². The molecule has 15 heavy (non-hydrogen) atoms. The zero-order valence-electron chi connectivity index (χ0n) is 8.53. The summed E-state index contributed by atoms with van der Waals surface area (Å²) in [6, 6.07) is 4.18. The quantitative estimate of drug-likeness (QED) is 0.848. The average Bonchev–Trinajstić information content (AvgIpc) is 2.70. The number of hydrogen-bond donors (Lipinski definition) is 1. The van der Waals surface area contributed by atoms with Gasteiger partial charge in [-0.15, -0.1) is 12.4 Å². The largest absolute Gasteiger partial charge is 0.324 e. The van der Waals surface area contributed by atoms with Crippen LogP contribution >= 0.6 is 28.3 Å². The molecular weight excluding hydrogens is 275 g/mol. The summed E-state index contributed by atoms with van der Waals surface area (Å²) in [5, 5.41) is 0. The zero-order chi connectivity index (χ0) is 9.97. The third-order valence-electron chi connectivity index (χ3n) is 3.05. The van der Waals surface area contributed by atoms with Crippen LogP contribution in [0, 0.1) is 5.92 Å². The van der Waals surface area contributed by atoms with Crippen molar-refractivity contribution in [1.29, 1.82) is 0 Å². The Kier molecular flexibility index (Phi) is 5.03. The highest BCUT2D eigenvalue weighted by Gasteiger charge is 2.24. The first-order valence-corrected chi connectivity index (χ1v) is 5.94. The molecule has 2 rings (SSSR count). The van der Waals surface area contributed by atoms with E-state index >= 15 is 0 Å². The lowest BCUT2D eigenvalue weighted by molar-refractivity contribution is 0.442. The number of hydrogen-bond acceptors (Lipinski definition) is 2. The van der Waals surface area contributed by atoms with Crippen molar-refractivity contribution in [2.24, 2.45) is 11.7 Å². The molecule has 0 bridgehead atoms. The second kappa shape index (κ2) is 5.83. The highest BCUT2D eigenvalue weighted by atomic mass is 79.9. The molecule has 0 saturated heterocycles. The van der Waals surface area contributed by atoms with Crippen LogP contribution in [0.5, 0.6) is 0 Å². The van der Waals surface area contributed by atoms with E-state index in [-0.39, 0.29) is 18.4 Å². The van der Waals surface area contributed by atoms with Crippen LogP contribution in [0.15, 0.2) is 22.9 Å². The molecule has 2 nitrogen and oxygen atoms in total. The molecule has 84 valence electrons. The van der Waals surface area contributed by atoms with Crippen molar-refractivity contribution in [2.45, 2.75) is 31.7 Å². The van der Waals surface area contributed by atoms with Gasteiger partial charge in [0, 0.05) is 17.8 Å². The monoisotopic (exact) mass is 290 g/mol. The van der Waals surface area contributed by atoms with Gasteiger partial charge in [0.2, 0.25) is 0 Å². The Hall–Kier alpha value is -0.120. The summed E-state index contributed by atoms with van der Waals surface area (Å²) in [5.41, 5.74) is 7.38. The molecule has 4 heteroatoms. The van der Waals surface area contributed by atoms with E-state index in [1.54, 1.807) is 6.20 Å². The minimum Gasteiger partial charge on any atom is -0.324 e. The molecule has 1 aliphatic rings. The fourth-order valence-electron chi connectivity index (χ4n) is 2.22. The number of rotatable bonds is 2. The van der Waals surface area contributed by atoms with E-state index in [9.17, 15) is 0 Å². The molecule has 1 atom stereocenters. The smallest absolute Gasteiger partial charge is 0.110 e. The maximum absolute atomic E-state index is 6.23. The lowest BCUT2D eigenvalue weighted by Crippen LogP contribution is -2.19. The normalized spacial score (nSPS) is 18.5. The van der Waals surface area contributed by atoms with Crippen molar-refractivity contribution >= 4 is 28.3 Å². The first-order valence-electron chi connectivity index (χ1n) is 5.15. The van der Waals surface area contributed by atoms with Crippen LogP contribution in [0.3, 0.4) is 0 Å². The summed E-state index contributed by atoms with van der Waals surface area (Å²) in [6.07, 6.45) is 6.98. The van der Waals surface area contributed by atoms with Crippen molar-refractivity contribution in [1.82, 2.24) is 4.98 Å². The van der Waals surface area contributed by atoms with Gasteiger partial charge in [0.1, 0.15) is 4.60 Å². The first-order chi connectivity index (χ1) is 6.79. The fraction of sp³-hybridized carbons (Fsp3) is 0.545. The first kappa shape index (κ1) is 12.9. The SMILES string of the molecule is Cl.N[C@@H](c1cccnc1Br)C1CCCC1. The number of nitrogens with two attached hydrogens (primary N) is 1. The van der Waals surface area contributed by atoms with Crippen LogP contribution in [0.2, 0.25) is 0 Å². The minimum atomic E-state index is 0. The average molecular weight is 292 g/mol. The second-order valence-electron chi connectivity index (χ2n) is 3.95. The summed E-state index contributed by atoms with van der Waals surface area (Å²) in [5.74, 6) is 0.649. The van der Waals surface area contributed by atoms with Crippen LogP contribution in [0.4, 0.5) is 0 Å². The van der Waals surface area contributed by atoms with Gasteiger partial charge in [-0.3, -0.25) is 0 Å². The molecule has 0 radical (unpaired) electrons. The zero-order valence-corrected chi connectivity index (χ0v) is 10.9. The van der Waals surface area contributed by atoms with E-state index in [2.05, 4.69) is 27.0 Å². The van der Waals surface area contributed by atoms with Crippen LogP contribution < -0.4 is 5.73 Å². The van der Waals surface area contributed by atoms with Gasteiger partial charge < -0.3 is 5.73 Å². The third-order valence-corrected chi connectivity index (χ3v) is 3.72. The van der Waals surface area contributed by atoms with Crippen molar-refractivity contribution in [3.05, 3.63) is 28.5 Å². The van der Waals surface area contributed by atoms with Gasteiger partial charge >= 0.3 is 0 Å². The topological polar surface area (TPSA) is 38.9 Å². The highest BCUT2D eigenvalue weighted by Crippen LogP contribution is 2.35. The van der Waals surface area contributed by atoms with Crippen molar-refractivity contribution in [2.75, 3.05) is 0 Å². The summed E-state index contributed by atoms with van der Waals surface area (Å²) >= 11 is 3.45. The van der Waals surface area contributed by atoms with Crippen LogP contribution in [-0.2, 0) is 0 Å². The number of halogens is 2. The molecular formula is C11H16BrClN2. The van der Waals surface area contributed by atoms with Gasteiger partial charge in [-0.05, 0) is 40.8 Å². The standard InChI is InChI=1S/C11H15BrN2.ClH/c12-11-9(6-3-7-14-11)10(13)8-4-1-2-5-8;/h3,6-8,10H,1-2,4-5,13H2;1H/t10-;/m1./s1. The number of pyridine rings is 1. The molecule has 2 N–H and O–H groups in total. The summed E-state index contributed by atoms with van der Waals surface area (Å²) < 4.78 is 0.902. The summed E-state index contributed by atoms with van der Waals surface area (Å²) in [4.78, 5) is 4.21. The van der Waals surface area contributed by atoms with Crippen molar-refractivity contribution in [3.63, 3.8) is 0 Å². The Bertz CT molecular complexity index is 313. The van der Waals surface area contributed by atoms with E-state index in [4.69, 9.17) is 5.73 Å². The molecule has 0 unspecified atom stereocenters. The maximum Gasteiger partial charge on any atom is 0.110 e. The highest BCUT2D eigenvalue weighted by molar-refractivity contribution is 9.10. The summed E-state index contributed by atoms with van der Waals surface area (Å²) in [7, 11) is 0. The molecule has 1 heterocycles. The van der Waals surface area contributed by atoms with Crippen LogP contribution in [0.25, 0.3) is 0 Å². The second-order valence-corrected chi connectivity index (χ2v) is 4.70. The number of aromatic nitrogens is 1. The Morgan fingerprint density at radius 1 is 1.40 bits per heavy atom. The molecule has 1 aromatic rings. The molecule has 1 aliphatic carbocycles. The molecule has 1 saturated carbocycles. The van der Waals surface area contributed by atoms with Crippen molar-refractivity contribution in [3.8, 4) is 0 Å². The fourth-order valence-corrected chi connectivity index (χ4v) is 2.73. The Morgan fingerprint density at radius 2 is 2.07 bits per heavy atom. The van der Waals surface area contributed by atoms with Crippen molar-refractivity contribution < 1.29 is 0 Å². The van der Waals surface area contributed by atoms with Gasteiger partial charge in [-0.2, -0.15) is 0 Å². The van der Waals surface area contributed by atoms with Crippen LogP contribution in [0.1, 0.15) is 37.3 Å². The maximum atomic E-state index is 6.23. The molecule has 1 aromatic heterocycles. The Morgan fingerprint density at radius 3 is 2.67 bits per heavy atom. The lowest BCUT2D eigenvalue weighted by Gasteiger charge is -2.19. The molecule has 0 aromatic carbocycles. The Labute approximate surface area is 105 Å². The van der Waals surface area contributed by atoms with E-state index in [0.29, 0.717) is 5.92 Å². The molecule has 0 aliphatic heterocycles. The minimum absolute atomic E-state index is 0. The van der Waals surface area contributed by atoms with E-state index in [1.807, 2.05) is 6.07 Å². The lowest BCUT2D eigenvalue weighted by atomic mass is 9.94. The predicted octanol–water partition coefficient (Wildman–Crippen LogP) is 3.46. The summed E-state index contributed by atoms with van der Waals surface area (Å²) in [6.45, 7) is 0. The van der Waals surface area contributed by atoms with E-state index in [0.717, 1.165) is 10.2 Å². The molecule has 0 amide bonds. The van der Waals surface area contributed by atoms with Gasteiger partial charge in [0.05, 0.1) is 0 Å². The third kappa shape index (κ3) is 2.92. The molecule has 0 spiro atoms. The van der Waals surface area contributed by atoms with Gasteiger partial charge in [0.15, 0.2) is 0 Å². The van der Waals surface area contributed by atoms with Gasteiger partial charge in [-0.1, -0.05) is 18.9 Å². The predicted molar refractivity (Wildman–Crippen MR) is 68.1 cm³/mol. The van der Waals surface area contributed by atoms with E-state index < -0.39 is 0 Å².